The molecule has 0 amide bonds. The third-order valence-corrected chi connectivity index (χ3v) is 9.29. The molecule has 0 spiro atoms. The lowest BCUT2D eigenvalue weighted by Gasteiger charge is -2.61. The van der Waals surface area contributed by atoms with Gasteiger partial charge in [0.15, 0.2) is 0 Å². The van der Waals surface area contributed by atoms with E-state index >= 15 is 0 Å². The molecule has 4 fully saturated rings. The fourth-order valence-electron chi connectivity index (χ4n) is 8.07. The van der Waals surface area contributed by atoms with E-state index in [0.717, 1.165) is 36.5 Å². The van der Waals surface area contributed by atoms with Gasteiger partial charge in [-0.3, -0.25) is 0 Å². The van der Waals surface area contributed by atoms with Gasteiger partial charge in [0.05, 0.1) is 12.2 Å². The van der Waals surface area contributed by atoms with Crippen molar-refractivity contribution >= 4 is 0 Å². The molecule has 2 nitrogen and oxygen atoms in total. The van der Waals surface area contributed by atoms with Crippen LogP contribution in [0.15, 0.2) is 0 Å². The number of rotatable bonds is 1. The largest absolute Gasteiger partial charge is 0.393 e. The van der Waals surface area contributed by atoms with E-state index in [4.69, 9.17) is 0 Å². The second kappa shape index (κ2) is 5.46. The summed E-state index contributed by atoms with van der Waals surface area (Å²) < 4.78 is 0. The van der Waals surface area contributed by atoms with E-state index in [1.54, 1.807) is 0 Å². The summed E-state index contributed by atoms with van der Waals surface area (Å²) in [4.78, 5) is 0. The molecule has 4 aliphatic rings. The first-order chi connectivity index (χ1) is 10.9. The summed E-state index contributed by atoms with van der Waals surface area (Å²) in [5.41, 5.74) is 0.860. The summed E-state index contributed by atoms with van der Waals surface area (Å²) in [5.74, 6) is 3.87. The quantitative estimate of drug-likeness (QED) is 0.752. The Balaban J connectivity index is 1.60. The zero-order valence-corrected chi connectivity index (χ0v) is 15.3. The number of hydrogen-bond donors (Lipinski definition) is 2. The molecule has 0 aromatic heterocycles. The topological polar surface area (TPSA) is 40.5 Å². The van der Waals surface area contributed by atoms with Crippen LogP contribution in [-0.4, -0.2) is 22.4 Å². The smallest absolute Gasteiger partial charge is 0.0545 e. The van der Waals surface area contributed by atoms with Gasteiger partial charge in [-0.25, -0.2) is 0 Å². The Hall–Kier alpha value is -0.0800. The average Bonchev–Trinajstić information content (AvgIpc) is 2.85. The second-order valence-corrected chi connectivity index (χ2v) is 10.1. The summed E-state index contributed by atoms with van der Waals surface area (Å²) in [6, 6.07) is 0. The maximum absolute atomic E-state index is 10.3. The van der Waals surface area contributed by atoms with Crippen molar-refractivity contribution in [3.63, 3.8) is 0 Å². The molecular weight excluding hydrogens is 284 g/mol. The number of aliphatic hydroxyl groups excluding tert-OH is 2. The van der Waals surface area contributed by atoms with E-state index < -0.39 is 0 Å². The van der Waals surface area contributed by atoms with Crippen LogP contribution < -0.4 is 0 Å². The standard InChI is InChI=1S/C21H36O2/c1-13(22)17-6-7-18-16-5-4-14-12-15(23)8-10-20(14,2)19(16)9-11-21(17,18)3/h13-19,22-23H,4-12H2,1-3H3/t13?,14?,15-,16-,17+,18-,19-,20-,21+/m0/s1. The molecule has 0 aliphatic heterocycles. The highest BCUT2D eigenvalue weighted by molar-refractivity contribution is 5.09. The van der Waals surface area contributed by atoms with E-state index in [0.29, 0.717) is 16.7 Å². The Morgan fingerprint density at radius 3 is 2.30 bits per heavy atom. The molecule has 0 bridgehead atoms. The Labute approximate surface area is 142 Å². The Bertz CT molecular complexity index is 461. The Kier molecular flexibility index (Phi) is 3.89. The molecule has 4 rings (SSSR count). The summed E-state index contributed by atoms with van der Waals surface area (Å²) in [6.45, 7) is 7.08. The minimum Gasteiger partial charge on any atom is -0.393 e. The molecule has 0 aromatic rings. The zero-order chi connectivity index (χ0) is 16.4. The van der Waals surface area contributed by atoms with Crippen molar-refractivity contribution in [1.29, 1.82) is 0 Å². The van der Waals surface area contributed by atoms with Crippen LogP contribution in [0.1, 0.15) is 78.6 Å². The molecule has 9 atom stereocenters. The van der Waals surface area contributed by atoms with E-state index in [2.05, 4.69) is 13.8 Å². The van der Waals surface area contributed by atoms with Gasteiger partial charge in [0.25, 0.3) is 0 Å². The highest BCUT2D eigenvalue weighted by Crippen LogP contribution is 2.67. The van der Waals surface area contributed by atoms with Gasteiger partial charge in [0.2, 0.25) is 0 Å². The molecule has 2 heteroatoms. The van der Waals surface area contributed by atoms with Crippen LogP contribution in [0.2, 0.25) is 0 Å². The van der Waals surface area contributed by atoms with Gasteiger partial charge in [-0.2, -0.15) is 0 Å². The lowest BCUT2D eigenvalue weighted by Crippen LogP contribution is -2.54. The van der Waals surface area contributed by atoms with Crippen LogP contribution in [0.25, 0.3) is 0 Å². The van der Waals surface area contributed by atoms with E-state index in [1.807, 2.05) is 6.92 Å². The fraction of sp³-hybridized carbons (Fsp3) is 1.00. The second-order valence-electron chi connectivity index (χ2n) is 10.1. The van der Waals surface area contributed by atoms with Crippen molar-refractivity contribution in [3.05, 3.63) is 0 Å². The number of aliphatic hydroxyl groups is 2. The Morgan fingerprint density at radius 1 is 0.870 bits per heavy atom. The molecule has 23 heavy (non-hydrogen) atoms. The molecule has 0 radical (unpaired) electrons. The average molecular weight is 321 g/mol. The van der Waals surface area contributed by atoms with Crippen LogP contribution in [0, 0.1) is 40.4 Å². The molecule has 2 N–H and O–H groups in total. The molecule has 4 saturated carbocycles. The molecule has 132 valence electrons. The van der Waals surface area contributed by atoms with Gasteiger partial charge in [-0.15, -0.1) is 0 Å². The third kappa shape index (κ3) is 2.27. The molecule has 2 unspecified atom stereocenters. The van der Waals surface area contributed by atoms with Crippen molar-refractivity contribution in [2.24, 2.45) is 40.4 Å². The SMILES string of the molecule is CC(O)[C@H]1CC[C@H]2[C@@H]3CCC4C[C@@H](O)CC[C@]4(C)[C@H]3CC[C@]12C. The molecule has 0 saturated heterocycles. The minimum absolute atomic E-state index is 0.0374. The minimum atomic E-state index is -0.140. The summed E-state index contributed by atoms with van der Waals surface area (Å²) in [5, 5.41) is 20.4. The van der Waals surface area contributed by atoms with Crippen molar-refractivity contribution in [2.75, 3.05) is 0 Å². The van der Waals surface area contributed by atoms with Gasteiger partial charge in [-0.1, -0.05) is 13.8 Å². The van der Waals surface area contributed by atoms with Crippen molar-refractivity contribution in [1.82, 2.24) is 0 Å². The summed E-state index contributed by atoms with van der Waals surface area (Å²) in [7, 11) is 0. The lowest BCUT2D eigenvalue weighted by molar-refractivity contribution is -0.132. The first-order valence-electron chi connectivity index (χ1n) is 10.2. The first-order valence-corrected chi connectivity index (χ1v) is 10.2. The van der Waals surface area contributed by atoms with Gasteiger partial charge in [0, 0.05) is 0 Å². The zero-order valence-electron chi connectivity index (χ0n) is 15.3. The van der Waals surface area contributed by atoms with E-state index in [9.17, 15) is 10.2 Å². The predicted octanol–water partition coefficient (Wildman–Crippen LogP) is 4.39. The maximum atomic E-state index is 10.3. The molecule has 0 aromatic carbocycles. The van der Waals surface area contributed by atoms with Gasteiger partial charge < -0.3 is 10.2 Å². The highest BCUT2D eigenvalue weighted by atomic mass is 16.3. The predicted molar refractivity (Wildman–Crippen MR) is 92.9 cm³/mol. The van der Waals surface area contributed by atoms with Crippen LogP contribution >= 0.6 is 0 Å². The van der Waals surface area contributed by atoms with Crippen molar-refractivity contribution < 1.29 is 10.2 Å². The highest BCUT2D eigenvalue weighted by Gasteiger charge is 2.60. The normalized spacial score (nSPS) is 57.3. The fourth-order valence-corrected chi connectivity index (χ4v) is 8.07. The van der Waals surface area contributed by atoms with Gasteiger partial charge in [0.1, 0.15) is 0 Å². The van der Waals surface area contributed by atoms with E-state index in [1.165, 1.54) is 44.9 Å². The van der Waals surface area contributed by atoms with Gasteiger partial charge in [-0.05, 0) is 105 Å². The molecule has 4 aliphatic carbocycles. The molecular formula is C21H36O2. The van der Waals surface area contributed by atoms with Crippen molar-refractivity contribution in [2.45, 2.75) is 90.8 Å². The molecule has 0 heterocycles. The Morgan fingerprint density at radius 2 is 1.57 bits per heavy atom. The number of hydrogen-bond acceptors (Lipinski definition) is 2. The van der Waals surface area contributed by atoms with Crippen LogP contribution in [-0.2, 0) is 0 Å². The monoisotopic (exact) mass is 320 g/mol. The summed E-state index contributed by atoms with van der Waals surface area (Å²) >= 11 is 0. The van der Waals surface area contributed by atoms with Crippen LogP contribution in [0.4, 0.5) is 0 Å². The lowest BCUT2D eigenvalue weighted by atomic mass is 9.44. The van der Waals surface area contributed by atoms with Crippen LogP contribution in [0.5, 0.6) is 0 Å². The van der Waals surface area contributed by atoms with E-state index in [-0.39, 0.29) is 12.2 Å². The van der Waals surface area contributed by atoms with Crippen LogP contribution in [0.3, 0.4) is 0 Å². The van der Waals surface area contributed by atoms with Crippen molar-refractivity contribution in [3.8, 4) is 0 Å². The van der Waals surface area contributed by atoms with Gasteiger partial charge >= 0.3 is 0 Å². The number of fused-ring (bicyclic) bond motifs is 5. The third-order valence-electron chi connectivity index (χ3n) is 9.29. The maximum Gasteiger partial charge on any atom is 0.0545 e. The summed E-state index contributed by atoms with van der Waals surface area (Å²) in [6.07, 6.45) is 11.1. The first kappa shape index (κ1) is 16.4.